The second kappa shape index (κ2) is 7.58. The molecule has 0 aliphatic rings. The summed E-state index contributed by atoms with van der Waals surface area (Å²) >= 11 is 8.62. The number of rotatable bonds is 5. The Labute approximate surface area is 155 Å². The van der Waals surface area contributed by atoms with Crippen LogP contribution in [0.3, 0.4) is 0 Å². The maximum Gasteiger partial charge on any atom is 0.292 e. The van der Waals surface area contributed by atoms with Crippen molar-refractivity contribution in [2.24, 2.45) is 0 Å². The highest BCUT2D eigenvalue weighted by molar-refractivity contribution is 9.10. The van der Waals surface area contributed by atoms with Crippen LogP contribution in [0.5, 0.6) is 0 Å². The lowest BCUT2D eigenvalue weighted by atomic mass is 10.1. The van der Waals surface area contributed by atoms with Crippen LogP contribution in [0.2, 0.25) is 0 Å². The molecule has 0 saturated carbocycles. The van der Waals surface area contributed by atoms with Crippen molar-refractivity contribution in [1.82, 2.24) is 15.1 Å². The molecule has 0 fully saturated rings. The maximum atomic E-state index is 12.0. The quantitative estimate of drug-likeness (QED) is 0.735. The van der Waals surface area contributed by atoms with Crippen LogP contribution >= 0.6 is 28.1 Å². The minimum Gasteiger partial charge on any atom is -0.409 e. The maximum absolute atomic E-state index is 12.0. The molecule has 0 saturated heterocycles. The summed E-state index contributed by atoms with van der Waals surface area (Å²) in [6.07, 6.45) is 0. The van der Waals surface area contributed by atoms with E-state index in [0.717, 1.165) is 14.9 Å². The summed E-state index contributed by atoms with van der Waals surface area (Å²) in [4.78, 5) is 13.2. The molecule has 2 N–H and O–H groups in total. The van der Waals surface area contributed by atoms with Crippen LogP contribution in [0.15, 0.2) is 33.2 Å². The number of hydrogen-bond acceptors (Lipinski definition) is 4. The van der Waals surface area contributed by atoms with Gasteiger partial charge in [-0.25, -0.2) is 0 Å². The Morgan fingerprint density at radius 1 is 1.38 bits per heavy atom. The molecule has 0 spiro atoms. The standard InChI is InChI=1S/C16H21BrN4O2S/c1-16(2,3)18-13(22)9-20(4)10-21-15(24)23-14(19-21)11-5-7-12(17)8-6-11/h5-8H,9-10H2,1-4H3,(H,18,22)/p+1. The Morgan fingerprint density at radius 2 is 2.00 bits per heavy atom. The van der Waals surface area contributed by atoms with Crippen molar-refractivity contribution < 1.29 is 14.1 Å². The van der Waals surface area contributed by atoms with Gasteiger partial charge in [0.15, 0.2) is 13.2 Å². The molecule has 0 aliphatic carbocycles. The first-order valence-electron chi connectivity index (χ1n) is 7.60. The number of benzene rings is 1. The van der Waals surface area contributed by atoms with Crippen molar-refractivity contribution in [3.63, 3.8) is 0 Å². The lowest BCUT2D eigenvalue weighted by Crippen LogP contribution is -3.09. The molecule has 130 valence electrons. The number of carbonyl (C=O) groups excluding carboxylic acids is 1. The number of aromatic nitrogens is 2. The van der Waals surface area contributed by atoms with Gasteiger partial charge in [0.2, 0.25) is 5.89 Å². The molecule has 1 unspecified atom stereocenters. The van der Waals surface area contributed by atoms with Gasteiger partial charge < -0.3 is 14.6 Å². The average molecular weight is 414 g/mol. The highest BCUT2D eigenvalue weighted by atomic mass is 79.9. The van der Waals surface area contributed by atoms with Crippen LogP contribution in [-0.4, -0.2) is 34.8 Å². The van der Waals surface area contributed by atoms with Gasteiger partial charge >= 0.3 is 0 Å². The molecule has 1 aromatic heterocycles. The topological polar surface area (TPSA) is 64.5 Å². The van der Waals surface area contributed by atoms with Gasteiger partial charge in [0, 0.05) is 15.6 Å². The van der Waals surface area contributed by atoms with E-state index in [9.17, 15) is 4.79 Å². The first-order valence-corrected chi connectivity index (χ1v) is 8.80. The summed E-state index contributed by atoms with van der Waals surface area (Å²) in [7, 11) is 1.91. The molecule has 1 heterocycles. The van der Waals surface area contributed by atoms with E-state index in [-0.39, 0.29) is 11.4 Å². The van der Waals surface area contributed by atoms with Gasteiger partial charge in [-0.3, -0.25) is 4.79 Å². The van der Waals surface area contributed by atoms with E-state index in [4.69, 9.17) is 16.6 Å². The summed E-state index contributed by atoms with van der Waals surface area (Å²) in [5, 5.41) is 7.35. The Bertz CT molecular complexity index is 762. The summed E-state index contributed by atoms with van der Waals surface area (Å²) < 4.78 is 8.15. The fourth-order valence-corrected chi connectivity index (χ4v) is 2.61. The molecule has 2 rings (SSSR count). The van der Waals surface area contributed by atoms with E-state index in [1.807, 2.05) is 52.1 Å². The fourth-order valence-electron chi connectivity index (χ4n) is 2.16. The molecule has 8 heteroatoms. The van der Waals surface area contributed by atoms with E-state index in [1.165, 1.54) is 0 Å². The van der Waals surface area contributed by atoms with Crippen molar-refractivity contribution in [3.8, 4) is 11.5 Å². The molecule has 2 aromatic rings. The Balaban J connectivity index is 2.04. The normalized spacial score (nSPS) is 12.9. The average Bonchev–Trinajstić information content (AvgIpc) is 2.78. The number of halogens is 1. The third-order valence-electron chi connectivity index (χ3n) is 3.09. The van der Waals surface area contributed by atoms with Gasteiger partial charge in [-0.1, -0.05) is 15.9 Å². The fraction of sp³-hybridized carbons (Fsp3) is 0.438. The van der Waals surface area contributed by atoms with Crippen molar-refractivity contribution in [3.05, 3.63) is 33.6 Å². The zero-order chi connectivity index (χ0) is 17.9. The SMILES string of the molecule is C[NH+](CC(=O)NC(C)(C)C)Cn1nc(-c2ccc(Br)cc2)oc1=S. The number of carbonyl (C=O) groups is 1. The molecular weight excluding hydrogens is 392 g/mol. The second-order valence-electron chi connectivity index (χ2n) is 6.77. The van der Waals surface area contributed by atoms with Gasteiger partial charge in [-0.05, 0) is 57.3 Å². The van der Waals surface area contributed by atoms with E-state index < -0.39 is 0 Å². The Kier molecular flexibility index (Phi) is 5.95. The first kappa shape index (κ1) is 18.8. The minimum atomic E-state index is -0.240. The largest absolute Gasteiger partial charge is 0.409 e. The number of nitrogens with zero attached hydrogens (tertiary/aromatic N) is 2. The summed E-state index contributed by atoms with van der Waals surface area (Å²) in [5.41, 5.74) is 0.613. The van der Waals surface area contributed by atoms with E-state index in [0.29, 0.717) is 23.9 Å². The van der Waals surface area contributed by atoms with Crippen LogP contribution < -0.4 is 10.2 Å². The number of hydrogen-bond donors (Lipinski definition) is 2. The van der Waals surface area contributed by atoms with Crippen LogP contribution in [0, 0.1) is 4.84 Å². The Hall–Kier alpha value is -1.51. The van der Waals surface area contributed by atoms with Crippen LogP contribution in [0.1, 0.15) is 20.8 Å². The number of quaternary nitrogens is 1. The summed E-state index contributed by atoms with van der Waals surface area (Å²) in [5.74, 6) is 0.461. The Morgan fingerprint density at radius 3 is 2.58 bits per heavy atom. The monoisotopic (exact) mass is 413 g/mol. The summed E-state index contributed by atoms with van der Waals surface area (Å²) in [6, 6.07) is 7.65. The molecular formula is C16H22BrN4O2S+. The highest BCUT2D eigenvalue weighted by Crippen LogP contribution is 2.20. The van der Waals surface area contributed by atoms with Crippen molar-refractivity contribution in [2.75, 3.05) is 13.6 Å². The van der Waals surface area contributed by atoms with Crippen LogP contribution in [0.25, 0.3) is 11.5 Å². The van der Waals surface area contributed by atoms with Crippen molar-refractivity contribution >= 4 is 34.1 Å². The van der Waals surface area contributed by atoms with Gasteiger partial charge in [-0.15, -0.1) is 5.10 Å². The third kappa shape index (κ3) is 5.54. The molecule has 0 radical (unpaired) electrons. The molecule has 24 heavy (non-hydrogen) atoms. The lowest BCUT2D eigenvalue weighted by Gasteiger charge is -2.21. The molecule has 1 atom stereocenters. The predicted octanol–water partition coefficient (Wildman–Crippen LogP) is 2.02. The molecule has 6 nitrogen and oxygen atoms in total. The minimum absolute atomic E-state index is 0.0110. The number of likely N-dealkylation sites (N-methyl/N-ethyl adjacent to an activating group) is 1. The van der Waals surface area contributed by atoms with Crippen LogP contribution in [-0.2, 0) is 11.5 Å². The predicted molar refractivity (Wildman–Crippen MR) is 98.1 cm³/mol. The molecule has 0 bridgehead atoms. The second-order valence-corrected chi connectivity index (χ2v) is 8.03. The van der Waals surface area contributed by atoms with Gasteiger partial charge in [0.1, 0.15) is 0 Å². The van der Waals surface area contributed by atoms with E-state index in [1.54, 1.807) is 4.68 Å². The smallest absolute Gasteiger partial charge is 0.292 e. The van der Waals surface area contributed by atoms with Crippen molar-refractivity contribution in [2.45, 2.75) is 33.0 Å². The summed E-state index contributed by atoms with van der Waals surface area (Å²) in [6.45, 7) is 6.66. The number of nitrogens with one attached hydrogen (secondary N) is 2. The van der Waals surface area contributed by atoms with E-state index >= 15 is 0 Å². The lowest BCUT2D eigenvalue weighted by molar-refractivity contribution is -0.895. The molecule has 1 amide bonds. The van der Waals surface area contributed by atoms with E-state index in [2.05, 4.69) is 26.3 Å². The van der Waals surface area contributed by atoms with Gasteiger partial charge in [-0.2, -0.15) is 4.68 Å². The van der Waals surface area contributed by atoms with Crippen LogP contribution in [0.4, 0.5) is 0 Å². The molecule has 1 aromatic carbocycles. The highest BCUT2D eigenvalue weighted by Gasteiger charge is 2.18. The zero-order valence-electron chi connectivity index (χ0n) is 14.2. The third-order valence-corrected chi connectivity index (χ3v) is 3.92. The van der Waals surface area contributed by atoms with Gasteiger partial charge in [0.25, 0.3) is 10.7 Å². The zero-order valence-corrected chi connectivity index (χ0v) is 16.6. The first-order chi connectivity index (χ1) is 11.1. The van der Waals surface area contributed by atoms with Crippen molar-refractivity contribution in [1.29, 1.82) is 0 Å². The van der Waals surface area contributed by atoms with Gasteiger partial charge in [0.05, 0.1) is 7.05 Å². The molecule has 0 aliphatic heterocycles. The number of amides is 1.